The average Bonchev–Trinajstić information content (AvgIpc) is 3.47. The average molecular weight is 433 g/mol. The first-order valence-corrected chi connectivity index (χ1v) is 10.6. The zero-order valence-corrected chi connectivity index (χ0v) is 17.9. The lowest BCUT2D eigenvalue weighted by atomic mass is 10.1. The van der Waals surface area contributed by atoms with Crippen LogP contribution in [-0.4, -0.2) is 38.3 Å². The van der Waals surface area contributed by atoms with Gasteiger partial charge in [-0.15, -0.1) is 5.10 Å². The minimum atomic E-state index is -0.121. The highest BCUT2D eigenvalue weighted by atomic mass is 16.5. The lowest BCUT2D eigenvalue weighted by molar-refractivity contribution is -0.00119. The normalized spacial score (nSPS) is 15.4. The number of aromatic nitrogens is 5. The third-order valence-electron chi connectivity index (χ3n) is 5.22. The quantitative estimate of drug-likeness (QED) is 0.430. The summed E-state index contributed by atoms with van der Waals surface area (Å²) in [7, 11) is 0. The maximum Gasteiger partial charge on any atom is 0.280 e. The molecule has 0 amide bonds. The van der Waals surface area contributed by atoms with Gasteiger partial charge in [0.15, 0.2) is 5.69 Å². The van der Waals surface area contributed by atoms with E-state index in [1.165, 1.54) is 0 Å². The monoisotopic (exact) mass is 433 g/mol. The van der Waals surface area contributed by atoms with Crippen LogP contribution >= 0.6 is 0 Å². The Morgan fingerprint density at radius 2 is 1.84 bits per heavy atom. The maximum atomic E-state index is 6.10. The van der Waals surface area contributed by atoms with Crippen LogP contribution in [0.15, 0.2) is 53.1 Å². The Kier molecular flexibility index (Phi) is 5.55. The molecule has 0 aliphatic carbocycles. The van der Waals surface area contributed by atoms with Gasteiger partial charge in [-0.3, -0.25) is 0 Å². The first-order chi connectivity index (χ1) is 15.8. The predicted molar refractivity (Wildman–Crippen MR) is 115 cm³/mol. The Hall–Kier alpha value is -3.72. The van der Waals surface area contributed by atoms with Gasteiger partial charge in [-0.25, -0.2) is 4.68 Å². The lowest BCUT2D eigenvalue weighted by Gasteiger charge is -2.24. The fourth-order valence-corrected chi connectivity index (χ4v) is 3.69. The minimum absolute atomic E-state index is 0.121. The second kappa shape index (κ2) is 8.80. The van der Waals surface area contributed by atoms with E-state index in [9.17, 15) is 0 Å². The fraction of sp³-hybridized carbons (Fsp3) is 0.304. The van der Waals surface area contributed by atoms with Crippen molar-refractivity contribution in [2.24, 2.45) is 0 Å². The number of nitrogens with zero attached hydrogens (tertiary/aromatic N) is 5. The largest absolute Gasteiger partial charge is 0.494 e. The van der Waals surface area contributed by atoms with E-state index in [4.69, 9.17) is 18.7 Å². The molecule has 0 saturated heterocycles. The van der Waals surface area contributed by atoms with Crippen molar-refractivity contribution < 1.29 is 18.7 Å². The fourth-order valence-electron chi connectivity index (χ4n) is 3.69. The SMILES string of the molecule is CCOc1ccc([C@@H]2Cn3nnc(-c4nc(-c5ccccc5OCC)no4)c3CO2)cc1. The first-order valence-electron chi connectivity index (χ1n) is 10.6. The van der Waals surface area contributed by atoms with Crippen LogP contribution in [0.5, 0.6) is 11.5 Å². The van der Waals surface area contributed by atoms with Crippen LogP contribution in [0.25, 0.3) is 23.0 Å². The van der Waals surface area contributed by atoms with Gasteiger partial charge in [0.1, 0.15) is 17.6 Å². The highest BCUT2D eigenvalue weighted by molar-refractivity contribution is 5.65. The molecule has 5 rings (SSSR count). The van der Waals surface area contributed by atoms with Gasteiger partial charge in [-0.2, -0.15) is 4.98 Å². The van der Waals surface area contributed by atoms with Crippen LogP contribution in [-0.2, 0) is 17.9 Å². The van der Waals surface area contributed by atoms with E-state index in [0.717, 1.165) is 22.6 Å². The highest BCUT2D eigenvalue weighted by Crippen LogP contribution is 2.33. The lowest BCUT2D eigenvalue weighted by Crippen LogP contribution is -2.22. The van der Waals surface area contributed by atoms with Crippen LogP contribution in [0, 0.1) is 0 Å². The van der Waals surface area contributed by atoms with Crippen LogP contribution in [0.1, 0.15) is 31.2 Å². The Balaban J connectivity index is 1.37. The number of rotatable bonds is 7. The summed E-state index contributed by atoms with van der Waals surface area (Å²) in [5, 5.41) is 12.7. The third kappa shape index (κ3) is 3.82. The Bertz CT molecular complexity index is 1200. The van der Waals surface area contributed by atoms with E-state index >= 15 is 0 Å². The molecule has 3 heterocycles. The van der Waals surface area contributed by atoms with Gasteiger partial charge in [0, 0.05) is 0 Å². The molecule has 9 heteroatoms. The molecule has 0 bridgehead atoms. The number of hydrogen-bond acceptors (Lipinski definition) is 8. The second-order valence-electron chi connectivity index (χ2n) is 7.22. The van der Waals surface area contributed by atoms with Crippen molar-refractivity contribution in [2.75, 3.05) is 13.2 Å². The zero-order valence-electron chi connectivity index (χ0n) is 17.9. The number of para-hydroxylation sites is 1. The molecule has 0 spiro atoms. The summed E-state index contributed by atoms with van der Waals surface area (Å²) in [6, 6.07) is 15.5. The van der Waals surface area contributed by atoms with Crippen LogP contribution in [0.4, 0.5) is 0 Å². The molecule has 164 valence electrons. The predicted octanol–water partition coefficient (Wildman–Crippen LogP) is 4.06. The summed E-state index contributed by atoms with van der Waals surface area (Å²) >= 11 is 0. The number of hydrogen-bond donors (Lipinski definition) is 0. The molecular weight excluding hydrogens is 410 g/mol. The molecule has 2 aromatic carbocycles. The van der Waals surface area contributed by atoms with E-state index < -0.39 is 0 Å². The van der Waals surface area contributed by atoms with E-state index in [1.807, 2.05) is 67.1 Å². The first kappa shape index (κ1) is 20.2. The van der Waals surface area contributed by atoms with E-state index in [1.54, 1.807) is 0 Å². The van der Waals surface area contributed by atoms with Crippen molar-refractivity contribution in [3.8, 4) is 34.5 Å². The summed E-state index contributed by atoms with van der Waals surface area (Å²) < 4.78 is 24.6. The number of fused-ring (bicyclic) bond motifs is 1. The Labute approximate surface area is 184 Å². The molecule has 32 heavy (non-hydrogen) atoms. The molecule has 9 nitrogen and oxygen atoms in total. The van der Waals surface area contributed by atoms with Crippen LogP contribution in [0.3, 0.4) is 0 Å². The smallest absolute Gasteiger partial charge is 0.280 e. The molecule has 0 fully saturated rings. The van der Waals surface area contributed by atoms with Gasteiger partial charge in [0.05, 0.1) is 37.6 Å². The molecule has 4 aromatic rings. The molecular formula is C23H23N5O4. The molecule has 1 atom stereocenters. The van der Waals surface area contributed by atoms with Crippen molar-refractivity contribution in [2.45, 2.75) is 33.1 Å². The van der Waals surface area contributed by atoms with E-state index in [2.05, 4.69) is 20.5 Å². The van der Waals surface area contributed by atoms with Gasteiger partial charge in [0.25, 0.3) is 5.89 Å². The third-order valence-corrected chi connectivity index (χ3v) is 5.22. The standard InChI is InChI=1S/C23H23N5O4/c1-3-29-16-11-9-15(10-12-16)20-13-28-18(14-31-20)21(25-27-28)23-24-22(26-32-23)17-7-5-6-8-19(17)30-4-2/h5-12,20H,3-4,13-14H2,1-2H3/t20-/m0/s1. The van der Waals surface area contributed by atoms with E-state index in [-0.39, 0.29) is 6.10 Å². The van der Waals surface area contributed by atoms with Gasteiger partial charge in [-0.05, 0) is 43.7 Å². The molecule has 0 saturated carbocycles. The summed E-state index contributed by atoms with van der Waals surface area (Å²) in [5.74, 6) is 2.29. The van der Waals surface area contributed by atoms with Crippen molar-refractivity contribution >= 4 is 0 Å². The number of benzene rings is 2. The van der Waals surface area contributed by atoms with Gasteiger partial charge < -0.3 is 18.7 Å². The zero-order chi connectivity index (χ0) is 21.9. The van der Waals surface area contributed by atoms with Crippen LogP contribution in [0.2, 0.25) is 0 Å². The molecule has 1 aliphatic rings. The van der Waals surface area contributed by atoms with Crippen molar-refractivity contribution in [1.29, 1.82) is 0 Å². The van der Waals surface area contributed by atoms with E-state index in [0.29, 0.717) is 49.5 Å². The summed E-state index contributed by atoms with van der Waals surface area (Å²) in [4.78, 5) is 4.54. The molecule has 0 N–H and O–H groups in total. The maximum absolute atomic E-state index is 6.10. The summed E-state index contributed by atoms with van der Waals surface area (Å²) in [6.07, 6.45) is -0.121. The second-order valence-corrected chi connectivity index (χ2v) is 7.22. The molecule has 0 unspecified atom stereocenters. The minimum Gasteiger partial charge on any atom is -0.494 e. The summed E-state index contributed by atoms with van der Waals surface area (Å²) in [6.45, 7) is 5.97. The van der Waals surface area contributed by atoms with Gasteiger partial charge in [-0.1, -0.05) is 34.6 Å². The van der Waals surface area contributed by atoms with Gasteiger partial charge >= 0.3 is 0 Å². The Morgan fingerprint density at radius 1 is 1.03 bits per heavy atom. The highest BCUT2D eigenvalue weighted by Gasteiger charge is 2.28. The number of ether oxygens (including phenoxy) is 3. The van der Waals surface area contributed by atoms with Crippen molar-refractivity contribution in [3.05, 3.63) is 59.8 Å². The van der Waals surface area contributed by atoms with Gasteiger partial charge in [0.2, 0.25) is 5.82 Å². The summed E-state index contributed by atoms with van der Waals surface area (Å²) in [5.41, 5.74) is 3.16. The molecule has 0 radical (unpaired) electrons. The molecule has 1 aliphatic heterocycles. The van der Waals surface area contributed by atoms with Crippen LogP contribution < -0.4 is 9.47 Å². The van der Waals surface area contributed by atoms with Crippen molar-refractivity contribution in [3.63, 3.8) is 0 Å². The molecule has 2 aromatic heterocycles. The Morgan fingerprint density at radius 3 is 2.66 bits per heavy atom. The van der Waals surface area contributed by atoms with Crippen molar-refractivity contribution in [1.82, 2.24) is 25.1 Å². The topological polar surface area (TPSA) is 97.3 Å².